The molecule has 28 heteroatoms. The van der Waals surface area contributed by atoms with Gasteiger partial charge in [-0.1, -0.05) is 62.7 Å². The van der Waals surface area contributed by atoms with Crippen molar-refractivity contribution in [3.05, 3.63) is 65.7 Å². The van der Waals surface area contributed by atoms with Crippen LogP contribution in [0.5, 0.6) is 5.75 Å². The van der Waals surface area contributed by atoms with Gasteiger partial charge in [0.25, 0.3) is 0 Å². The van der Waals surface area contributed by atoms with Crippen molar-refractivity contribution in [2.24, 2.45) is 11.7 Å². The summed E-state index contributed by atoms with van der Waals surface area (Å²) in [4.78, 5) is 155. The summed E-state index contributed by atoms with van der Waals surface area (Å²) >= 11 is 0. The van der Waals surface area contributed by atoms with Gasteiger partial charge in [-0.2, -0.15) is 0 Å². The standard InChI is InChI=1S/C46H64N10O18/c1-5-22(2)37(45(73)48-20-36(65)66)55-39(67)23(3)49-40(68)28(16-26-11-13-27(59)14-12-26)51-42(70)30(17-34(61)62)53-43(71)31(18-35(63)64)52-41(69)29(15-25-9-7-6-8-10-25)54-46(74)38(24(4)58)56-44(72)32(21-57)50-33(60)19-47/h6-14,22-24,28-32,37-38,57-59H,5,15-21,47H2,1-4H3,(H,48,73)(H,49,68)(H,50,60)(H,51,70)(H,52,69)(H,53,71)(H,54,74)(H,55,67)(H,56,72)(H,61,62)(H,63,64)(H,65,66)/t22-,23-,24+,28-,29-,30-,31-,32-,37-,38-/m0/s1. The zero-order valence-corrected chi connectivity index (χ0v) is 40.8. The molecule has 0 bridgehead atoms. The normalized spacial score (nSPS) is 14.9. The summed E-state index contributed by atoms with van der Waals surface area (Å²) in [6, 6.07) is -0.689. The third-order valence-corrected chi connectivity index (χ3v) is 11.0. The Bertz CT molecular complexity index is 2320. The predicted octanol–water partition coefficient (Wildman–Crippen LogP) is -5.40. The molecule has 28 nitrogen and oxygen atoms in total. The molecule has 0 unspecified atom stereocenters. The maximum Gasteiger partial charge on any atom is 0.322 e. The van der Waals surface area contributed by atoms with Gasteiger partial charge in [0, 0.05) is 12.8 Å². The molecule has 0 aliphatic carbocycles. The highest BCUT2D eigenvalue weighted by Crippen LogP contribution is 2.14. The number of nitrogens with one attached hydrogen (secondary N) is 9. The van der Waals surface area contributed by atoms with Crippen LogP contribution in [0.3, 0.4) is 0 Å². The molecule has 0 saturated heterocycles. The van der Waals surface area contributed by atoms with Gasteiger partial charge in [-0.05, 0) is 43.0 Å². The van der Waals surface area contributed by atoms with Gasteiger partial charge < -0.3 is 84.2 Å². The van der Waals surface area contributed by atoms with E-state index in [9.17, 15) is 83.1 Å². The summed E-state index contributed by atoms with van der Waals surface area (Å²) in [5.74, 6) is -15.4. The van der Waals surface area contributed by atoms with E-state index in [4.69, 9.17) is 10.8 Å². The molecule has 2 aromatic carbocycles. The van der Waals surface area contributed by atoms with Crippen LogP contribution in [0.25, 0.3) is 0 Å². The van der Waals surface area contributed by atoms with E-state index in [1.54, 1.807) is 32.0 Å². The van der Waals surface area contributed by atoms with Crippen molar-refractivity contribution in [3.8, 4) is 5.75 Å². The van der Waals surface area contributed by atoms with E-state index in [1.165, 1.54) is 43.3 Å². The van der Waals surface area contributed by atoms with Crippen LogP contribution in [0.15, 0.2) is 54.6 Å². The number of phenols is 1. The predicted molar refractivity (Wildman–Crippen MR) is 256 cm³/mol. The molecule has 406 valence electrons. The first-order chi connectivity index (χ1) is 34.8. The molecule has 9 amide bonds. The fourth-order valence-corrected chi connectivity index (χ4v) is 6.72. The molecule has 0 aliphatic heterocycles. The molecule has 0 radical (unpaired) electrons. The molecule has 17 N–H and O–H groups in total. The third-order valence-electron chi connectivity index (χ3n) is 11.0. The fourth-order valence-electron chi connectivity index (χ4n) is 6.72. The van der Waals surface area contributed by atoms with Crippen molar-refractivity contribution < 1.29 is 88.2 Å². The molecular weight excluding hydrogens is 981 g/mol. The molecule has 74 heavy (non-hydrogen) atoms. The lowest BCUT2D eigenvalue weighted by atomic mass is 9.98. The zero-order chi connectivity index (χ0) is 55.8. The Hall–Kier alpha value is -8.24. The highest BCUT2D eigenvalue weighted by Gasteiger charge is 2.37. The minimum Gasteiger partial charge on any atom is -0.508 e. The first-order valence-electron chi connectivity index (χ1n) is 23.0. The molecule has 0 saturated carbocycles. The number of hydrogen-bond acceptors (Lipinski definition) is 16. The quantitative estimate of drug-likeness (QED) is 0.0335. The lowest BCUT2D eigenvalue weighted by molar-refractivity contribution is -0.143. The van der Waals surface area contributed by atoms with Gasteiger partial charge in [0.1, 0.15) is 60.6 Å². The number of carboxylic acids is 3. The van der Waals surface area contributed by atoms with Crippen LogP contribution in [0.2, 0.25) is 0 Å². The average Bonchev–Trinajstić information content (AvgIpc) is 3.34. The molecule has 10 atom stereocenters. The molecule has 0 fully saturated rings. The van der Waals surface area contributed by atoms with E-state index < -0.39 is 164 Å². The number of benzene rings is 2. The van der Waals surface area contributed by atoms with E-state index in [1.807, 2.05) is 0 Å². The average molecular weight is 1050 g/mol. The van der Waals surface area contributed by atoms with Crippen molar-refractivity contribution in [2.75, 3.05) is 19.7 Å². The van der Waals surface area contributed by atoms with Crippen molar-refractivity contribution in [3.63, 3.8) is 0 Å². The van der Waals surface area contributed by atoms with E-state index in [0.29, 0.717) is 17.5 Å². The lowest BCUT2D eigenvalue weighted by Gasteiger charge is -2.28. The fraction of sp³-hybridized carbons (Fsp3) is 0.478. The number of carbonyl (C=O) groups is 12. The van der Waals surface area contributed by atoms with Gasteiger partial charge in [0.2, 0.25) is 53.2 Å². The van der Waals surface area contributed by atoms with E-state index in [2.05, 4.69) is 47.9 Å². The smallest absolute Gasteiger partial charge is 0.322 e. The van der Waals surface area contributed by atoms with Crippen LogP contribution >= 0.6 is 0 Å². The van der Waals surface area contributed by atoms with Gasteiger partial charge >= 0.3 is 17.9 Å². The number of carboxylic acid groups (broad SMARTS) is 3. The van der Waals surface area contributed by atoms with Gasteiger partial charge in [-0.25, -0.2) is 0 Å². The van der Waals surface area contributed by atoms with Crippen LogP contribution in [0.1, 0.15) is 58.1 Å². The van der Waals surface area contributed by atoms with Gasteiger partial charge in [-0.3, -0.25) is 57.5 Å². The Morgan fingerprint density at radius 2 is 0.959 bits per heavy atom. The number of aliphatic hydroxyl groups excluding tert-OH is 2. The van der Waals surface area contributed by atoms with E-state index in [0.717, 1.165) is 6.92 Å². The SMILES string of the molecule is CC[C@H](C)[C@H](NC(=O)[C@H](C)NC(=O)[C@H](Cc1ccc(O)cc1)NC(=O)[C@H](CC(=O)O)NC(=O)[C@H](CC(=O)O)NC(=O)[C@H](Cc1ccccc1)NC(=O)[C@@H](NC(=O)[C@H](CO)NC(=O)CN)[C@@H](C)O)C(=O)NCC(=O)O. The number of carbonyl (C=O) groups excluding carboxylic acids is 9. The van der Waals surface area contributed by atoms with Gasteiger partial charge in [-0.15, -0.1) is 0 Å². The Kier molecular flexibility index (Phi) is 25.6. The highest BCUT2D eigenvalue weighted by atomic mass is 16.4. The van der Waals surface area contributed by atoms with Gasteiger partial charge in [0.15, 0.2) is 0 Å². The maximum atomic E-state index is 14.0. The molecule has 0 heterocycles. The highest BCUT2D eigenvalue weighted by molar-refractivity contribution is 6.00. The Morgan fingerprint density at radius 3 is 1.42 bits per heavy atom. The molecule has 2 rings (SSSR count). The number of hydrogen-bond donors (Lipinski definition) is 16. The van der Waals surface area contributed by atoms with Crippen LogP contribution in [-0.4, -0.2) is 176 Å². The van der Waals surface area contributed by atoms with Crippen LogP contribution in [0.4, 0.5) is 0 Å². The zero-order valence-electron chi connectivity index (χ0n) is 40.8. The maximum absolute atomic E-state index is 14.0. The van der Waals surface area contributed by atoms with Crippen LogP contribution < -0.4 is 53.6 Å². The van der Waals surface area contributed by atoms with Crippen molar-refractivity contribution >= 4 is 71.1 Å². The van der Waals surface area contributed by atoms with Crippen LogP contribution in [-0.2, 0) is 70.4 Å². The molecule has 0 spiro atoms. The Labute approximate surface area is 423 Å². The topological polar surface area (TPSA) is 461 Å². The second kappa shape index (κ2) is 30.6. The number of phenolic OH excluding ortho intramolecular Hbond substituents is 1. The monoisotopic (exact) mass is 1040 g/mol. The number of aliphatic hydroxyl groups is 2. The Morgan fingerprint density at radius 1 is 0.514 bits per heavy atom. The number of rotatable bonds is 31. The van der Waals surface area contributed by atoms with E-state index in [-0.39, 0.29) is 18.6 Å². The van der Waals surface area contributed by atoms with E-state index >= 15 is 0 Å². The largest absolute Gasteiger partial charge is 0.508 e. The Balaban J connectivity index is 2.46. The number of aromatic hydroxyl groups is 1. The summed E-state index contributed by atoms with van der Waals surface area (Å²) in [6.45, 7) is 3.36. The minimum atomic E-state index is -2.11. The first-order valence-corrected chi connectivity index (χ1v) is 23.0. The number of nitrogens with two attached hydrogens (primary N) is 1. The summed E-state index contributed by atoms with van der Waals surface area (Å²) < 4.78 is 0. The van der Waals surface area contributed by atoms with Crippen molar-refractivity contribution in [1.82, 2.24) is 47.9 Å². The number of amides is 9. The summed E-state index contributed by atoms with van der Waals surface area (Å²) in [5.41, 5.74) is 5.95. The van der Waals surface area contributed by atoms with Crippen LogP contribution in [0, 0.1) is 5.92 Å². The summed E-state index contributed by atoms with van der Waals surface area (Å²) in [6.07, 6.45) is -4.45. The summed E-state index contributed by atoms with van der Waals surface area (Å²) in [7, 11) is 0. The molecule has 0 aliphatic rings. The van der Waals surface area contributed by atoms with Crippen molar-refractivity contribution in [2.45, 2.75) is 114 Å². The van der Waals surface area contributed by atoms with Gasteiger partial charge in [0.05, 0.1) is 32.1 Å². The molecular formula is C46H64N10O18. The van der Waals surface area contributed by atoms with Crippen molar-refractivity contribution in [1.29, 1.82) is 0 Å². The second-order valence-electron chi connectivity index (χ2n) is 16.9. The second-order valence-corrected chi connectivity index (χ2v) is 16.9. The molecule has 2 aromatic rings. The molecule has 0 aromatic heterocycles. The summed E-state index contributed by atoms with van der Waals surface area (Å²) in [5, 5.41) is 78.7. The third kappa shape index (κ3) is 21.2. The first kappa shape index (κ1) is 61.9. The lowest BCUT2D eigenvalue weighted by Crippen LogP contribution is -2.62. The minimum absolute atomic E-state index is 0.176. The number of aliphatic carboxylic acids is 3.